The second-order valence-electron chi connectivity index (χ2n) is 5.29. The minimum Gasteiger partial charge on any atom is -0.497 e. The molecule has 0 spiro atoms. The second kappa shape index (κ2) is 5.93. The third kappa shape index (κ3) is 2.75. The van der Waals surface area contributed by atoms with E-state index in [-0.39, 0.29) is 5.91 Å². The van der Waals surface area contributed by atoms with Crippen LogP contribution in [0.2, 0.25) is 5.02 Å². The molecule has 0 saturated carbocycles. The average molecular weight is 330 g/mol. The lowest BCUT2D eigenvalue weighted by atomic mass is 10.1. The molecule has 1 N–H and O–H groups in total. The molecule has 3 rings (SSSR count). The normalized spacial score (nSPS) is 10.8. The minimum absolute atomic E-state index is 0.294. The van der Waals surface area contributed by atoms with Crippen LogP contribution in [-0.2, 0) is 7.05 Å². The molecule has 0 fully saturated rings. The van der Waals surface area contributed by atoms with E-state index in [0.29, 0.717) is 16.3 Å². The summed E-state index contributed by atoms with van der Waals surface area (Å²) in [7, 11) is 3.49. The zero-order valence-electron chi connectivity index (χ0n) is 13.1. The molecule has 2 heterocycles. The van der Waals surface area contributed by atoms with Crippen LogP contribution in [0.5, 0.6) is 5.75 Å². The summed E-state index contributed by atoms with van der Waals surface area (Å²) in [5.41, 5.74) is 2.76. The summed E-state index contributed by atoms with van der Waals surface area (Å²) in [6.07, 6.45) is 3.44. The van der Waals surface area contributed by atoms with Crippen LogP contribution in [0, 0.1) is 6.92 Å². The molecule has 6 heteroatoms. The summed E-state index contributed by atoms with van der Waals surface area (Å²) < 4.78 is 6.99. The molecule has 1 amide bonds. The number of nitrogens with one attached hydrogen (secondary N) is 1. The quantitative estimate of drug-likeness (QED) is 0.795. The second-order valence-corrected chi connectivity index (χ2v) is 5.67. The summed E-state index contributed by atoms with van der Waals surface area (Å²) in [4.78, 5) is 16.8. The molecule has 5 nitrogen and oxygen atoms in total. The predicted octanol–water partition coefficient (Wildman–Crippen LogP) is 3.80. The lowest BCUT2D eigenvalue weighted by molar-refractivity contribution is 0.102. The number of pyridine rings is 1. The van der Waals surface area contributed by atoms with E-state index in [2.05, 4.69) is 10.3 Å². The first-order valence-corrected chi connectivity index (χ1v) is 7.44. The molecule has 0 radical (unpaired) electrons. The number of carbonyl (C=O) groups excluding carboxylic acids is 1. The van der Waals surface area contributed by atoms with Gasteiger partial charge in [0.25, 0.3) is 5.91 Å². The highest BCUT2D eigenvalue weighted by Gasteiger charge is 2.17. The maximum absolute atomic E-state index is 12.5. The SMILES string of the molecule is COc1ccc(NC(=O)c2cnc3c(c(C)cn3C)c2Cl)cc1. The smallest absolute Gasteiger partial charge is 0.258 e. The van der Waals surface area contributed by atoms with Crippen molar-refractivity contribution in [2.45, 2.75) is 6.92 Å². The van der Waals surface area contributed by atoms with Gasteiger partial charge in [0, 0.05) is 30.5 Å². The fourth-order valence-corrected chi connectivity index (χ4v) is 2.91. The van der Waals surface area contributed by atoms with Gasteiger partial charge in [-0.25, -0.2) is 4.98 Å². The lowest BCUT2D eigenvalue weighted by Gasteiger charge is -2.08. The van der Waals surface area contributed by atoms with E-state index in [1.165, 1.54) is 6.20 Å². The number of aromatic nitrogens is 2. The molecule has 0 atom stereocenters. The number of carbonyl (C=O) groups is 1. The molecule has 0 aliphatic heterocycles. The molecule has 1 aromatic carbocycles. The third-order valence-electron chi connectivity index (χ3n) is 3.70. The van der Waals surface area contributed by atoms with Crippen LogP contribution in [-0.4, -0.2) is 22.6 Å². The Balaban J connectivity index is 1.94. The summed E-state index contributed by atoms with van der Waals surface area (Å²) in [6, 6.07) is 7.09. The number of nitrogens with zero attached hydrogens (tertiary/aromatic N) is 2. The molecule has 2 aromatic heterocycles. The number of ether oxygens (including phenoxy) is 1. The fraction of sp³-hybridized carbons (Fsp3) is 0.176. The number of hydrogen-bond donors (Lipinski definition) is 1. The van der Waals surface area contributed by atoms with Gasteiger partial charge in [0.15, 0.2) is 0 Å². The standard InChI is InChI=1S/C17H16ClN3O2/c1-10-9-21(2)16-14(10)15(18)13(8-19-16)17(22)20-11-4-6-12(23-3)7-5-11/h4-9H,1-3H3,(H,20,22). The molecule has 0 aliphatic rings. The Hall–Kier alpha value is -2.53. The van der Waals surface area contributed by atoms with Gasteiger partial charge in [-0.05, 0) is 36.8 Å². The van der Waals surface area contributed by atoms with Crippen molar-refractivity contribution >= 4 is 34.2 Å². The zero-order valence-corrected chi connectivity index (χ0v) is 13.8. The number of methoxy groups -OCH3 is 1. The Morgan fingerprint density at radius 1 is 1.30 bits per heavy atom. The Morgan fingerprint density at radius 2 is 2.00 bits per heavy atom. The van der Waals surface area contributed by atoms with Crippen molar-refractivity contribution in [3.8, 4) is 5.75 Å². The molecular formula is C17H16ClN3O2. The van der Waals surface area contributed by atoms with E-state index in [1.54, 1.807) is 31.4 Å². The number of halogens is 1. The fourth-order valence-electron chi connectivity index (χ4n) is 2.54. The van der Waals surface area contributed by atoms with Gasteiger partial charge in [0.05, 0.1) is 17.7 Å². The van der Waals surface area contributed by atoms with Gasteiger partial charge in [0.2, 0.25) is 0 Å². The number of amides is 1. The maximum atomic E-state index is 12.5. The molecule has 0 saturated heterocycles. The highest BCUT2D eigenvalue weighted by Crippen LogP contribution is 2.30. The van der Waals surface area contributed by atoms with Gasteiger partial charge < -0.3 is 14.6 Å². The van der Waals surface area contributed by atoms with Crippen molar-refractivity contribution in [3.05, 3.63) is 52.8 Å². The van der Waals surface area contributed by atoms with E-state index in [0.717, 1.165) is 22.3 Å². The van der Waals surface area contributed by atoms with Crippen molar-refractivity contribution in [2.24, 2.45) is 7.05 Å². The van der Waals surface area contributed by atoms with Gasteiger partial charge in [-0.3, -0.25) is 4.79 Å². The molecule has 0 bridgehead atoms. The molecule has 0 unspecified atom stereocenters. The van der Waals surface area contributed by atoms with E-state index in [4.69, 9.17) is 16.3 Å². The first-order valence-electron chi connectivity index (χ1n) is 7.07. The summed E-state index contributed by atoms with van der Waals surface area (Å²) in [5.74, 6) is 0.432. The topological polar surface area (TPSA) is 56.1 Å². The lowest BCUT2D eigenvalue weighted by Crippen LogP contribution is -2.13. The number of aryl methyl sites for hydroxylation is 2. The van der Waals surface area contributed by atoms with Crippen LogP contribution in [0.3, 0.4) is 0 Å². The summed E-state index contributed by atoms with van der Waals surface area (Å²) in [6.45, 7) is 1.95. The highest BCUT2D eigenvalue weighted by atomic mass is 35.5. The van der Waals surface area contributed by atoms with Gasteiger partial charge in [-0.15, -0.1) is 0 Å². The zero-order chi connectivity index (χ0) is 16.6. The number of rotatable bonds is 3. The molecule has 118 valence electrons. The van der Waals surface area contributed by atoms with Crippen molar-refractivity contribution in [2.75, 3.05) is 12.4 Å². The van der Waals surface area contributed by atoms with Crippen LogP contribution in [0.4, 0.5) is 5.69 Å². The Bertz CT molecular complexity index is 885. The van der Waals surface area contributed by atoms with Gasteiger partial charge in [-0.2, -0.15) is 0 Å². The van der Waals surface area contributed by atoms with Crippen LogP contribution < -0.4 is 10.1 Å². The predicted molar refractivity (Wildman–Crippen MR) is 91.4 cm³/mol. The Labute approximate surface area is 138 Å². The van der Waals surface area contributed by atoms with E-state index < -0.39 is 0 Å². The van der Waals surface area contributed by atoms with Gasteiger partial charge >= 0.3 is 0 Å². The van der Waals surface area contributed by atoms with Crippen LogP contribution in [0.15, 0.2) is 36.7 Å². The van der Waals surface area contributed by atoms with Crippen LogP contribution >= 0.6 is 11.6 Å². The number of hydrogen-bond acceptors (Lipinski definition) is 3. The Kier molecular flexibility index (Phi) is 3.96. The number of anilines is 1. The molecular weight excluding hydrogens is 314 g/mol. The molecule has 23 heavy (non-hydrogen) atoms. The average Bonchev–Trinajstić information content (AvgIpc) is 2.83. The molecule has 0 aliphatic carbocycles. The number of fused-ring (bicyclic) bond motifs is 1. The monoisotopic (exact) mass is 329 g/mol. The van der Waals surface area contributed by atoms with Crippen molar-refractivity contribution in [1.29, 1.82) is 0 Å². The van der Waals surface area contributed by atoms with Gasteiger partial charge in [-0.1, -0.05) is 11.6 Å². The van der Waals surface area contributed by atoms with E-state index in [9.17, 15) is 4.79 Å². The molecule has 3 aromatic rings. The van der Waals surface area contributed by atoms with E-state index >= 15 is 0 Å². The van der Waals surface area contributed by atoms with Crippen LogP contribution in [0.25, 0.3) is 11.0 Å². The van der Waals surface area contributed by atoms with Crippen molar-refractivity contribution in [3.63, 3.8) is 0 Å². The third-order valence-corrected chi connectivity index (χ3v) is 4.10. The van der Waals surface area contributed by atoms with Crippen molar-refractivity contribution in [1.82, 2.24) is 9.55 Å². The Morgan fingerprint density at radius 3 is 2.65 bits per heavy atom. The summed E-state index contributed by atoms with van der Waals surface area (Å²) >= 11 is 6.43. The first kappa shape index (κ1) is 15.4. The van der Waals surface area contributed by atoms with Crippen molar-refractivity contribution < 1.29 is 9.53 Å². The largest absolute Gasteiger partial charge is 0.497 e. The number of benzene rings is 1. The highest BCUT2D eigenvalue weighted by molar-refractivity contribution is 6.39. The first-order chi connectivity index (χ1) is 11.0. The van der Waals surface area contributed by atoms with E-state index in [1.807, 2.05) is 24.7 Å². The van der Waals surface area contributed by atoms with Gasteiger partial charge in [0.1, 0.15) is 11.4 Å². The minimum atomic E-state index is -0.294. The van der Waals surface area contributed by atoms with Crippen LogP contribution in [0.1, 0.15) is 15.9 Å². The maximum Gasteiger partial charge on any atom is 0.258 e. The summed E-state index contributed by atoms with van der Waals surface area (Å²) in [5, 5.41) is 4.03.